The molecule has 4 N–H and O–H groups in total. The smallest absolute Gasteiger partial charge is 0.395 e. The van der Waals surface area contributed by atoms with Gasteiger partial charge < -0.3 is 10.8 Å². The van der Waals surface area contributed by atoms with Gasteiger partial charge in [-0.05, 0) is 30.7 Å². The van der Waals surface area contributed by atoms with Gasteiger partial charge in [-0.15, -0.1) is 11.8 Å². The summed E-state index contributed by atoms with van der Waals surface area (Å²) in [5.41, 5.74) is 5.70. The minimum Gasteiger partial charge on any atom is -0.395 e. The molecule has 2 rings (SSSR count). The first-order valence-corrected chi connectivity index (χ1v) is 7.96. The highest BCUT2D eigenvalue weighted by atomic mass is 35.5. The number of alkyl halides is 3. The molecule has 0 unspecified atom stereocenters. The molecule has 0 bridgehead atoms. The Bertz CT molecular complexity index is 637. The van der Waals surface area contributed by atoms with Crippen molar-refractivity contribution in [2.75, 3.05) is 6.61 Å². The Labute approximate surface area is 140 Å². The molecule has 1 heterocycles. The maximum absolute atomic E-state index is 12.9. The van der Waals surface area contributed by atoms with Crippen LogP contribution in [0.3, 0.4) is 0 Å². The summed E-state index contributed by atoms with van der Waals surface area (Å²) in [6.45, 7) is -0.221. The molecular formula is C14H15ClF3N3OS. The Morgan fingerprint density at radius 1 is 1.35 bits per heavy atom. The minimum atomic E-state index is -4.44. The first-order valence-electron chi connectivity index (χ1n) is 6.70. The van der Waals surface area contributed by atoms with Crippen LogP contribution in [0.25, 0.3) is 0 Å². The van der Waals surface area contributed by atoms with E-state index in [1.807, 2.05) is 0 Å². The third-order valence-electron chi connectivity index (χ3n) is 3.15. The SMILES string of the molecule is N[C@H](CO)C[C@@H](Sc1cc(C(F)(F)F)ccc1Cl)c1ccn[nH]1. The second-order valence-electron chi connectivity index (χ2n) is 4.94. The van der Waals surface area contributed by atoms with Crippen LogP contribution in [-0.2, 0) is 6.18 Å². The fraction of sp³-hybridized carbons (Fsp3) is 0.357. The summed E-state index contributed by atoms with van der Waals surface area (Å²) in [7, 11) is 0. The van der Waals surface area contributed by atoms with E-state index in [-0.39, 0.29) is 16.9 Å². The summed E-state index contributed by atoms with van der Waals surface area (Å²) < 4.78 is 38.6. The molecule has 0 aliphatic heterocycles. The second kappa shape index (κ2) is 7.57. The molecule has 1 aromatic heterocycles. The predicted molar refractivity (Wildman–Crippen MR) is 83.3 cm³/mol. The van der Waals surface area contributed by atoms with Crippen LogP contribution in [0.1, 0.15) is 22.9 Å². The van der Waals surface area contributed by atoms with Crippen molar-refractivity contribution in [3.63, 3.8) is 0 Å². The number of nitrogens with two attached hydrogens (primary N) is 1. The van der Waals surface area contributed by atoms with E-state index >= 15 is 0 Å². The molecule has 2 atom stereocenters. The number of hydrogen-bond acceptors (Lipinski definition) is 4. The van der Waals surface area contributed by atoms with Gasteiger partial charge in [0.15, 0.2) is 0 Å². The molecule has 2 aromatic rings. The molecule has 0 aliphatic rings. The van der Waals surface area contributed by atoms with Crippen LogP contribution in [0.5, 0.6) is 0 Å². The van der Waals surface area contributed by atoms with Gasteiger partial charge in [0.05, 0.1) is 22.4 Å². The number of aliphatic hydroxyl groups excluding tert-OH is 1. The predicted octanol–water partition coefficient (Wildman–Crippen LogP) is 3.63. The minimum absolute atomic E-state index is 0.221. The van der Waals surface area contributed by atoms with Crippen molar-refractivity contribution in [3.8, 4) is 0 Å². The lowest BCUT2D eigenvalue weighted by Crippen LogP contribution is -2.26. The number of halogens is 4. The summed E-state index contributed by atoms with van der Waals surface area (Å²) >= 11 is 7.18. The van der Waals surface area contributed by atoms with Gasteiger partial charge in [0.1, 0.15) is 0 Å². The lowest BCUT2D eigenvalue weighted by atomic mass is 10.1. The zero-order chi connectivity index (χ0) is 17.0. The molecule has 4 nitrogen and oxygen atoms in total. The van der Waals surface area contributed by atoms with E-state index < -0.39 is 17.8 Å². The number of thioether (sulfide) groups is 1. The number of nitrogens with one attached hydrogen (secondary N) is 1. The summed E-state index contributed by atoms with van der Waals surface area (Å²) in [6, 6.07) is 4.39. The van der Waals surface area contributed by atoms with E-state index in [1.54, 1.807) is 12.3 Å². The number of aromatic amines is 1. The van der Waals surface area contributed by atoms with Crippen molar-refractivity contribution < 1.29 is 18.3 Å². The molecule has 0 saturated carbocycles. The van der Waals surface area contributed by atoms with Gasteiger partial charge in [0, 0.05) is 22.8 Å². The quantitative estimate of drug-likeness (QED) is 0.683. The van der Waals surface area contributed by atoms with Crippen LogP contribution in [0, 0.1) is 0 Å². The molecule has 1 aromatic carbocycles. The molecule has 23 heavy (non-hydrogen) atoms. The lowest BCUT2D eigenvalue weighted by Gasteiger charge is -2.19. The largest absolute Gasteiger partial charge is 0.416 e. The van der Waals surface area contributed by atoms with Gasteiger partial charge in [0.2, 0.25) is 0 Å². The number of hydrogen-bond donors (Lipinski definition) is 3. The van der Waals surface area contributed by atoms with Gasteiger partial charge in [0.25, 0.3) is 0 Å². The van der Waals surface area contributed by atoms with Crippen molar-refractivity contribution in [2.24, 2.45) is 5.73 Å². The highest BCUT2D eigenvalue weighted by molar-refractivity contribution is 7.99. The summed E-state index contributed by atoms with van der Waals surface area (Å²) in [6.07, 6.45) is -2.54. The lowest BCUT2D eigenvalue weighted by molar-refractivity contribution is -0.137. The van der Waals surface area contributed by atoms with Crippen molar-refractivity contribution in [1.29, 1.82) is 0 Å². The Morgan fingerprint density at radius 3 is 2.65 bits per heavy atom. The molecule has 0 aliphatic carbocycles. The van der Waals surface area contributed by atoms with Crippen LogP contribution in [0.15, 0.2) is 35.4 Å². The highest BCUT2D eigenvalue weighted by Gasteiger charge is 2.31. The second-order valence-corrected chi connectivity index (χ2v) is 6.59. The number of rotatable bonds is 6. The average molecular weight is 366 g/mol. The van der Waals surface area contributed by atoms with Crippen LogP contribution >= 0.6 is 23.4 Å². The van der Waals surface area contributed by atoms with Crippen LogP contribution < -0.4 is 5.73 Å². The van der Waals surface area contributed by atoms with Gasteiger partial charge in [-0.1, -0.05) is 11.6 Å². The summed E-state index contributed by atoms with van der Waals surface area (Å²) in [5.74, 6) is 0. The Morgan fingerprint density at radius 2 is 2.09 bits per heavy atom. The number of nitrogens with zero attached hydrogens (tertiary/aromatic N) is 1. The zero-order valence-electron chi connectivity index (χ0n) is 11.8. The van der Waals surface area contributed by atoms with E-state index in [4.69, 9.17) is 22.4 Å². The highest BCUT2D eigenvalue weighted by Crippen LogP contribution is 2.42. The Balaban J connectivity index is 2.29. The van der Waals surface area contributed by atoms with Gasteiger partial charge in [-0.25, -0.2) is 0 Å². The summed E-state index contributed by atoms with van der Waals surface area (Å²) in [5, 5.41) is 15.7. The summed E-state index contributed by atoms with van der Waals surface area (Å²) in [4.78, 5) is 0.297. The van der Waals surface area contributed by atoms with Crippen LogP contribution in [0.2, 0.25) is 5.02 Å². The topological polar surface area (TPSA) is 74.9 Å². The van der Waals surface area contributed by atoms with Gasteiger partial charge in [-0.2, -0.15) is 18.3 Å². The third kappa shape index (κ3) is 4.87. The average Bonchev–Trinajstić information content (AvgIpc) is 3.01. The first kappa shape index (κ1) is 18.1. The fourth-order valence-electron chi connectivity index (χ4n) is 1.96. The van der Waals surface area contributed by atoms with E-state index in [1.165, 1.54) is 6.07 Å². The molecule has 126 valence electrons. The standard InChI is InChI=1S/C14H15ClF3N3OS/c15-10-2-1-8(14(16,17)18)5-12(10)23-13(6-9(19)7-22)11-3-4-20-21-11/h1-5,9,13,22H,6-7,19H2,(H,20,21)/t9-,13+/m0/s1. The third-order valence-corrected chi connectivity index (χ3v) is 4.91. The van der Waals surface area contributed by atoms with Gasteiger partial charge >= 0.3 is 6.18 Å². The van der Waals surface area contributed by atoms with E-state index in [0.29, 0.717) is 17.0 Å². The molecule has 0 fully saturated rings. The Hall–Kier alpha value is -1.22. The van der Waals surface area contributed by atoms with Gasteiger partial charge in [-0.3, -0.25) is 5.10 Å². The van der Waals surface area contributed by atoms with Crippen LogP contribution in [-0.4, -0.2) is 28.0 Å². The number of benzene rings is 1. The molecular weight excluding hydrogens is 351 g/mol. The van der Waals surface area contributed by atoms with Crippen LogP contribution in [0.4, 0.5) is 13.2 Å². The van der Waals surface area contributed by atoms with E-state index in [9.17, 15) is 13.2 Å². The monoisotopic (exact) mass is 365 g/mol. The molecule has 0 saturated heterocycles. The maximum atomic E-state index is 12.9. The number of aliphatic hydroxyl groups is 1. The number of aromatic nitrogens is 2. The molecule has 0 radical (unpaired) electrons. The van der Waals surface area contributed by atoms with Crippen molar-refractivity contribution >= 4 is 23.4 Å². The first-order chi connectivity index (χ1) is 10.8. The van der Waals surface area contributed by atoms with Crippen molar-refractivity contribution in [3.05, 3.63) is 46.7 Å². The van der Waals surface area contributed by atoms with E-state index in [0.717, 1.165) is 23.9 Å². The Kier molecular flexibility index (Phi) is 5.96. The van der Waals surface area contributed by atoms with Crippen molar-refractivity contribution in [1.82, 2.24) is 10.2 Å². The van der Waals surface area contributed by atoms with E-state index in [2.05, 4.69) is 10.2 Å². The molecule has 0 amide bonds. The maximum Gasteiger partial charge on any atom is 0.416 e. The zero-order valence-corrected chi connectivity index (χ0v) is 13.4. The molecule has 0 spiro atoms. The molecule has 9 heteroatoms. The fourth-order valence-corrected chi connectivity index (χ4v) is 3.49. The number of H-pyrrole nitrogens is 1. The van der Waals surface area contributed by atoms with Crippen molar-refractivity contribution in [2.45, 2.75) is 28.8 Å². The normalized spacial score (nSPS) is 14.7.